The molecule has 0 unspecified atom stereocenters. The summed E-state index contributed by atoms with van der Waals surface area (Å²) in [4.78, 5) is 16.7. The number of methoxy groups -OCH3 is 1. The largest absolute Gasteiger partial charge is 0.497 e. The lowest BCUT2D eigenvalue weighted by Crippen LogP contribution is -2.05. The van der Waals surface area contributed by atoms with Crippen LogP contribution in [-0.4, -0.2) is 46.4 Å². The van der Waals surface area contributed by atoms with Crippen LogP contribution in [0.3, 0.4) is 0 Å². The first-order valence-electron chi connectivity index (χ1n) is 7.49. The Balaban J connectivity index is 1.81. The number of rotatable bonds is 7. The highest BCUT2D eigenvalue weighted by molar-refractivity contribution is 6.14. The van der Waals surface area contributed by atoms with Crippen LogP contribution in [0.5, 0.6) is 11.6 Å². The average Bonchev–Trinajstić information content (AvgIpc) is 3.05. The Morgan fingerprint density at radius 3 is 2.88 bits per heavy atom. The second kappa shape index (κ2) is 7.10. The van der Waals surface area contributed by atoms with E-state index in [1.165, 1.54) is 6.20 Å². The smallest absolute Gasteiger partial charge is 0.215 e. The van der Waals surface area contributed by atoms with Gasteiger partial charge in [0.2, 0.25) is 11.7 Å². The Bertz CT molecular complexity index is 843. The molecule has 2 aromatic heterocycles. The van der Waals surface area contributed by atoms with Gasteiger partial charge in [-0.25, -0.2) is 4.98 Å². The Morgan fingerprint density at radius 1 is 1.29 bits per heavy atom. The lowest BCUT2D eigenvalue weighted by Gasteiger charge is -2.04. The molecule has 2 heterocycles. The standard InChI is InChI=1S/C17H17N3O4/c1-23-12-4-5-13-14(9-12)19-20-16(13)17(22)11-3-6-15(18-10-11)24-8-2-7-21/h3-6,9-10,21H,2,7-8H2,1H3,(H,19,20). The molecule has 0 saturated heterocycles. The molecule has 24 heavy (non-hydrogen) atoms. The summed E-state index contributed by atoms with van der Waals surface area (Å²) in [6.07, 6.45) is 1.99. The molecule has 0 atom stereocenters. The summed E-state index contributed by atoms with van der Waals surface area (Å²) in [6, 6.07) is 8.64. The van der Waals surface area contributed by atoms with Gasteiger partial charge in [-0.05, 0) is 18.2 Å². The van der Waals surface area contributed by atoms with Gasteiger partial charge in [-0.2, -0.15) is 5.10 Å². The SMILES string of the molecule is COc1ccc2c(C(=O)c3ccc(OCCCO)nc3)n[nH]c2c1. The van der Waals surface area contributed by atoms with Gasteiger partial charge in [-0.3, -0.25) is 9.89 Å². The molecule has 0 aliphatic rings. The number of aliphatic hydroxyl groups excluding tert-OH is 1. The zero-order valence-electron chi connectivity index (χ0n) is 13.2. The van der Waals surface area contributed by atoms with Gasteiger partial charge in [0.05, 0.1) is 19.2 Å². The fraction of sp³-hybridized carbons (Fsp3) is 0.235. The highest BCUT2D eigenvalue weighted by Gasteiger charge is 2.17. The molecule has 0 amide bonds. The molecule has 7 nitrogen and oxygen atoms in total. The van der Waals surface area contributed by atoms with Gasteiger partial charge in [0.15, 0.2) is 0 Å². The van der Waals surface area contributed by atoms with Crippen molar-refractivity contribution >= 4 is 16.7 Å². The number of aliphatic hydroxyl groups is 1. The minimum atomic E-state index is -0.221. The van der Waals surface area contributed by atoms with E-state index in [0.29, 0.717) is 35.9 Å². The second-order valence-corrected chi connectivity index (χ2v) is 5.12. The third-order valence-corrected chi connectivity index (χ3v) is 3.54. The van der Waals surface area contributed by atoms with Gasteiger partial charge in [0, 0.05) is 42.3 Å². The van der Waals surface area contributed by atoms with Crippen molar-refractivity contribution in [2.75, 3.05) is 20.3 Å². The Hall–Kier alpha value is -2.93. The molecule has 3 aromatic rings. The minimum Gasteiger partial charge on any atom is -0.497 e. The summed E-state index contributed by atoms with van der Waals surface area (Å²) in [5, 5.41) is 16.4. The normalized spacial score (nSPS) is 10.8. The third kappa shape index (κ3) is 3.21. The molecule has 0 radical (unpaired) electrons. The van der Waals surface area contributed by atoms with Crippen molar-refractivity contribution in [2.24, 2.45) is 0 Å². The molecule has 0 fully saturated rings. The number of nitrogens with zero attached hydrogens (tertiary/aromatic N) is 2. The maximum atomic E-state index is 12.6. The molecule has 0 bridgehead atoms. The van der Waals surface area contributed by atoms with Crippen molar-refractivity contribution in [2.45, 2.75) is 6.42 Å². The molecule has 0 spiro atoms. The highest BCUT2D eigenvalue weighted by Crippen LogP contribution is 2.23. The lowest BCUT2D eigenvalue weighted by atomic mass is 10.1. The van der Waals surface area contributed by atoms with Crippen LogP contribution >= 0.6 is 0 Å². The number of aromatic nitrogens is 3. The number of ketones is 1. The summed E-state index contributed by atoms with van der Waals surface area (Å²) >= 11 is 0. The fourth-order valence-corrected chi connectivity index (χ4v) is 2.28. The number of benzene rings is 1. The molecular weight excluding hydrogens is 310 g/mol. The molecule has 124 valence electrons. The summed E-state index contributed by atoms with van der Waals surface area (Å²) in [6.45, 7) is 0.441. The molecule has 3 rings (SSSR count). The maximum Gasteiger partial charge on any atom is 0.215 e. The van der Waals surface area contributed by atoms with Crippen molar-refractivity contribution in [1.82, 2.24) is 15.2 Å². The molecule has 0 aliphatic carbocycles. The number of ether oxygens (including phenoxy) is 2. The molecule has 2 N–H and O–H groups in total. The number of aromatic amines is 1. The molecule has 0 saturated carbocycles. The second-order valence-electron chi connectivity index (χ2n) is 5.12. The van der Waals surface area contributed by atoms with Crippen molar-refractivity contribution in [1.29, 1.82) is 0 Å². The van der Waals surface area contributed by atoms with Crippen LogP contribution in [0, 0.1) is 0 Å². The van der Waals surface area contributed by atoms with E-state index in [2.05, 4.69) is 15.2 Å². The third-order valence-electron chi connectivity index (χ3n) is 3.54. The van der Waals surface area contributed by atoms with Gasteiger partial charge < -0.3 is 14.6 Å². The number of H-pyrrole nitrogens is 1. The van der Waals surface area contributed by atoms with E-state index < -0.39 is 0 Å². The fourth-order valence-electron chi connectivity index (χ4n) is 2.28. The van der Waals surface area contributed by atoms with Gasteiger partial charge >= 0.3 is 0 Å². The van der Waals surface area contributed by atoms with Gasteiger partial charge in [-0.15, -0.1) is 0 Å². The van der Waals surface area contributed by atoms with Crippen LogP contribution in [0.2, 0.25) is 0 Å². The summed E-state index contributed by atoms with van der Waals surface area (Å²) in [5.74, 6) is 0.883. The number of carbonyl (C=O) groups excluding carboxylic acids is 1. The predicted octanol–water partition coefficient (Wildman–Crippen LogP) is 1.96. The Morgan fingerprint density at radius 2 is 2.17 bits per heavy atom. The molecule has 0 aliphatic heterocycles. The number of pyridine rings is 1. The monoisotopic (exact) mass is 327 g/mol. The summed E-state index contributed by atoms with van der Waals surface area (Å²) < 4.78 is 10.5. The van der Waals surface area contributed by atoms with Crippen LogP contribution in [0.4, 0.5) is 0 Å². The van der Waals surface area contributed by atoms with Crippen molar-refractivity contribution in [3.8, 4) is 11.6 Å². The van der Waals surface area contributed by atoms with Gasteiger partial charge in [-0.1, -0.05) is 0 Å². The zero-order valence-corrected chi connectivity index (χ0v) is 13.2. The first-order chi connectivity index (χ1) is 11.7. The van der Waals surface area contributed by atoms with Crippen molar-refractivity contribution in [3.05, 3.63) is 47.8 Å². The highest BCUT2D eigenvalue weighted by atomic mass is 16.5. The predicted molar refractivity (Wildman–Crippen MR) is 87.5 cm³/mol. The van der Waals surface area contributed by atoms with E-state index in [4.69, 9.17) is 14.6 Å². The van der Waals surface area contributed by atoms with Crippen molar-refractivity contribution in [3.63, 3.8) is 0 Å². The van der Waals surface area contributed by atoms with Crippen molar-refractivity contribution < 1.29 is 19.4 Å². The summed E-state index contributed by atoms with van der Waals surface area (Å²) in [7, 11) is 1.58. The van der Waals surface area contributed by atoms with E-state index >= 15 is 0 Å². The Labute approximate surface area is 138 Å². The van der Waals surface area contributed by atoms with Gasteiger partial charge in [0.25, 0.3) is 0 Å². The number of carbonyl (C=O) groups is 1. The minimum absolute atomic E-state index is 0.0631. The van der Waals surface area contributed by atoms with E-state index in [9.17, 15) is 4.79 Å². The number of fused-ring (bicyclic) bond motifs is 1. The van der Waals surface area contributed by atoms with Crippen LogP contribution in [0.25, 0.3) is 10.9 Å². The first-order valence-corrected chi connectivity index (χ1v) is 7.49. The number of nitrogens with one attached hydrogen (secondary N) is 1. The van der Waals surface area contributed by atoms with Crippen LogP contribution in [0.1, 0.15) is 22.5 Å². The first kappa shape index (κ1) is 15.9. The average molecular weight is 327 g/mol. The molecule has 7 heteroatoms. The number of hydrogen-bond donors (Lipinski definition) is 2. The van der Waals surface area contributed by atoms with E-state index in [-0.39, 0.29) is 12.4 Å². The zero-order chi connectivity index (χ0) is 16.9. The number of hydrogen-bond acceptors (Lipinski definition) is 6. The van der Waals surface area contributed by atoms with Crippen LogP contribution in [0.15, 0.2) is 36.5 Å². The quantitative estimate of drug-likeness (QED) is 0.508. The summed E-state index contributed by atoms with van der Waals surface area (Å²) in [5.41, 5.74) is 1.49. The van der Waals surface area contributed by atoms with Crippen LogP contribution < -0.4 is 9.47 Å². The molecular formula is C17H17N3O4. The van der Waals surface area contributed by atoms with E-state index in [0.717, 1.165) is 10.9 Å². The van der Waals surface area contributed by atoms with E-state index in [1.807, 2.05) is 0 Å². The van der Waals surface area contributed by atoms with E-state index in [1.54, 1.807) is 37.4 Å². The maximum absolute atomic E-state index is 12.6. The van der Waals surface area contributed by atoms with Crippen LogP contribution in [-0.2, 0) is 0 Å². The lowest BCUT2D eigenvalue weighted by molar-refractivity contribution is 0.103. The molecule has 1 aromatic carbocycles. The Kier molecular flexibility index (Phi) is 4.72. The topological polar surface area (TPSA) is 97.3 Å². The van der Waals surface area contributed by atoms with Gasteiger partial charge in [0.1, 0.15) is 11.4 Å².